The first-order valence-corrected chi connectivity index (χ1v) is 6.87. The number of hydrogen-bond acceptors (Lipinski definition) is 3. The summed E-state index contributed by atoms with van der Waals surface area (Å²) in [7, 11) is 2.11. The van der Waals surface area contributed by atoms with Crippen LogP contribution in [-0.4, -0.2) is 43.0 Å². The van der Waals surface area contributed by atoms with Gasteiger partial charge in [-0.2, -0.15) is 0 Å². The fraction of sp³-hybridized carbons (Fsp3) is 0.533. The number of nitrogens with one attached hydrogen (secondary N) is 2. The van der Waals surface area contributed by atoms with E-state index in [-0.39, 0.29) is 11.9 Å². The predicted molar refractivity (Wildman–Crippen MR) is 78.3 cm³/mol. The minimum atomic E-state index is -0.169. The summed E-state index contributed by atoms with van der Waals surface area (Å²) in [4.78, 5) is 14.4. The number of likely N-dealkylation sites (tertiary alicyclic amines) is 1. The van der Waals surface area contributed by atoms with Gasteiger partial charge in [-0.3, -0.25) is 4.79 Å². The average molecular weight is 261 g/mol. The molecule has 1 amide bonds. The van der Waals surface area contributed by atoms with Gasteiger partial charge >= 0.3 is 0 Å². The molecule has 1 aromatic carbocycles. The molecule has 1 aliphatic heterocycles. The molecule has 1 saturated heterocycles. The SMILES string of the molecule is Cc1ccc(NC(=O)C(C)NC2CCN(C)C2)cc1. The van der Waals surface area contributed by atoms with Crippen molar-refractivity contribution in [2.45, 2.75) is 32.4 Å². The Hall–Kier alpha value is -1.39. The number of anilines is 1. The van der Waals surface area contributed by atoms with Gasteiger partial charge in [0.05, 0.1) is 6.04 Å². The number of aryl methyl sites for hydroxylation is 1. The van der Waals surface area contributed by atoms with Crippen LogP contribution in [0.5, 0.6) is 0 Å². The summed E-state index contributed by atoms with van der Waals surface area (Å²) in [5.41, 5.74) is 2.05. The molecule has 104 valence electrons. The van der Waals surface area contributed by atoms with Gasteiger partial charge in [0.1, 0.15) is 0 Å². The molecule has 1 fully saturated rings. The number of rotatable bonds is 4. The third-order valence-corrected chi connectivity index (χ3v) is 3.59. The van der Waals surface area contributed by atoms with Crippen LogP contribution in [0.25, 0.3) is 0 Å². The number of benzene rings is 1. The van der Waals surface area contributed by atoms with E-state index in [4.69, 9.17) is 0 Å². The second-order valence-corrected chi connectivity index (χ2v) is 5.49. The Bertz CT molecular complexity index is 430. The van der Waals surface area contributed by atoms with E-state index in [1.165, 1.54) is 5.56 Å². The molecule has 1 aliphatic rings. The standard InChI is InChI=1S/C15H23N3O/c1-11-4-6-13(7-5-11)17-15(19)12(2)16-14-8-9-18(3)10-14/h4-7,12,14,16H,8-10H2,1-3H3,(H,17,19). The first-order chi connectivity index (χ1) is 9.04. The summed E-state index contributed by atoms with van der Waals surface area (Å²) in [6, 6.07) is 8.12. The van der Waals surface area contributed by atoms with Gasteiger partial charge in [-0.1, -0.05) is 17.7 Å². The number of amides is 1. The van der Waals surface area contributed by atoms with Crippen molar-refractivity contribution in [3.8, 4) is 0 Å². The number of hydrogen-bond donors (Lipinski definition) is 2. The lowest BCUT2D eigenvalue weighted by atomic mass is 10.2. The van der Waals surface area contributed by atoms with Crippen molar-refractivity contribution < 1.29 is 4.79 Å². The highest BCUT2D eigenvalue weighted by atomic mass is 16.2. The Morgan fingerprint density at radius 2 is 2.05 bits per heavy atom. The molecule has 2 atom stereocenters. The maximum absolute atomic E-state index is 12.1. The Morgan fingerprint density at radius 3 is 2.63 bits per heavy atom. The Morgan fingerprint density at radius 1 is 1.37 bits per heavy atom. The molecule has 19 heavy (non-hydrogen) atoms. The summed E-state index contributed by atoms with van der Waals surface area (Å²) in [5.74, 6) is 0.0263. The summed E-state index contributed by atoms with van der Waals surface area (Å²) in [6.45, 7) is 6.07. The van der Waals surface area contributed by atoms with Crippen LogP contribution in [0, 0.1) is 6.92 Å². The number of likely N-dealkylation sites (N-methyl/N-ethyl adjacent to an activating group) is 1. The highest BCUT2D eigenvalue weighted by Gasteiger charge is 2.23. The Balaban J connectivity index is 1.83. The van der Waals surface area contributed by atoms with Crippen molar-refractivity contribution in [1.29, 1.82) is 0 Å². The molecule has 2 N–H and O–H groups in total. The highest BCUT2D eigenvalue weighted by molar-refractivity contribution is 5.94. The molecule has 0 aromatic heterocycles. The van der Waals surface area contributed by atoms with Crippen LogP contribution in [0.1, 0.15) is 18.9 Å². The average Bonchev–Trinajstić information content (AvgIpc) is 2.77. The fourth-order valence-corrected chi connectivity index (χ4v) is 2.39. The van der Waals surface area contributed by atoms with Crippen LogP contribution in [-0.2, 0) is 4.79 Å². The first kappa shape index (κ1) is 14.0. The van der Waals surface area contributed by atoms with Crippen molar-refractivity contribution in [2.24, 2.45) is 0 Å². The van der Waals surface area contributed by atoms with E-state index >= 15 is 0 Å². The lowest BCUT2D eigenvalue weighted by Crippen LogP contribution is -2.44. The van der Waals surface area contributed by atoms with E-state index in [1.54, 1.807) is 0 Å². The van der Waals surface area contributed by atoms with Gasteiger partial charge in [0.15, 0.2) is 0 Å². The molecular weight excluding hydrogens is 238 g/mol. The van der Waals surface area contributed by atoms with Crippen LogP contribution in [0.2, 0.25) is 0 Å². The van der Waals surface area contributed by atoms with Crippen LogP contribution >= 0.6 is 0 Å². The quantitative estimate of drug-likeness (QED) is 0.865. The van der Waals surface area contributed by atoms with Crippen molar-refractivity contribution in [1.82, 2.24) is 10.2 Å². The van der Waals surface area contributed by atoms with Crippen LogP contribution in [0.15, 0.2) is 24.3 Å². The number of nitrogens with zero attached hydrogens (tertiary/aromatic N) is 1. The number of carbonyl (C=O) groups is 1. The van der Waals surface area contributed by atoms with E-state index in [1.807, 2.05) is 38.1 Å². The van der Waals surface area contributed by atoms with Crippen molar-refractivity contribution in [2.75, 3.05) is 25.5 Å². The minimum absolute atomic E-state index is 0.0263. The fourth-order valence-electron chi connectivity index (χ4n) is 2.39. The molecule has 0 saturated carbocycles. The van der Waals surface area contributed by atoms with Crippen molar-refractivity contribution in [3.05, 3.63) is 29.8 Å². The van der Waals surface area contributed by atoms with E-state index in [9.17, 15) is 4.79 Å². The van der Waals surface area contributed by atoms with Crippen molar-refractivity contribution in [3.63, 3.8) is 0 Å². The molecule has 4 heteroatoms. The molecule has 0 spiro atoms. The van der Waals surface area contributed by atoms with E-state index in [0.717, 1.165) is 25.2 Å². The van der Waals surface area contributed by atoms with E-state index in [2.05, 4.69) is 22.6 Å². The smallest absolute Gasteiger partial charge is 0.241 e. The van der Waals surface area contributed by atoms with Crippen molar-refractivity contribution >= 4 is 11.6 Å². The second-order valence-electron chi connectivity index (χ2n) is 5.49. The zero-order valence-corrected chi connectivity index (χ0v) is 11.9. The van der Waals surface area contributed by atoms with Crippen LogP contribution in [0.3, 0.4) is 0 Å². The molecule has 1 aromatic rings. The third-order valence-electron chi connectivity index (χ3n) is 3.59. The van der Waals surface area contributed by atoms with E-state index in [0.29, 0.717) is 6.04 Å². The monoisotopic (exact) mass is 261 g/mol. The van der Waals surface area contributed by atoms with Gasteiger partial charge in [0, 0.05) is 18.3 Å². The predicted octanol–water partition coefficient (Wildman–Crippen LogP) is 1.62. The van der Waals surface area contributed by atoms with Gasteiger partial charge in [-0.15, -0.1) is 0 Å². The molecule has 2 rings (SSSR count). The zero-order valence-electron chi connectivity index (χ0n) is 11.9. The molecule has 1 heterocycles. The van der Waals surface area contributed by atoms with E-state index < -0.39 is 0 Å². The lowest BCUT2D eigenvalue weighted by Gasteiger charge is -2.19. The summed E-state index contributed by atoms with van der Waals surface area (Å²) in [5, 5.41) is 6.33. The molecule has 4 nitrogen and oxygen atoms in total. The molecule has 0 bridgehead atoms. The normalized spacial score (nSPS) is 21.3. The van der Waals surface area contributed by atoms with Gasteiger partial charge in [-0.05, 0) is 46.0 Å². The minimum Gasteiger partial charge on any atom is -0.325 e. The summed E-state index contributed by atoms with van der Waals surface area (Å²) >= 11 is 0. The first-order valence-electron chi connectivity index (χ1n) is 6.87. The molecule has 0 radical (unpaired) electrons. The third kappa shape index (κ3) is 4.04. The lowest BCUT2D eigenvalue weighted by molar-refractivity contribution is -0.117. The largest absolute Gasteiger partial charge is 0.325 e. The molecule has 0 aliphatic carbocycles. The number of carbonyl (C=O) groups excluding carboxylic acids is 1. The van der Waals surface area contributed by atoms with Crippen LogP contribution < -0.4 is 10.6 Å². The highest BCUT2D eigenvalue weighted by Crippen LogP contribution is 2.10. The van der Waals surface area contributed by atoms with Crippen LogP contribution in [0.4, 0.5) is 5.69 Å². The van der Waals surface area contributed by atoms with Gasteiger partial charge < -0.3 is 15.5 Å². The summed E-state index contributed by atoms with van der Waals surface area (Å²) in [6.07, 6.45) is 1.11. The molecule has 2 unspecified atom stereocenters. The maximum Gasteiger partial charge on any atom is 0.241 e. The molecular formula is C15H23N3O. The summed E-state index contributed by atoms with van der Waals surface area (Å²) < 4.78 is 0. The second kappa shape index (κ2) is 6.17. The van der Waals surface area contributed by atoms with Gasteiger partial charge in [0.25, 0.3) is 0 Å². The topological polar surface area (TPSA) is 44.4 Å². The Kier molecular flexibility index (Phi) is 4.56. The zero-order chi connectivity index (χ0) is 13.8. The van der Waals surface area contributed by atoms with Gasteiger partial charge in [-0.25, -0.2) is 0 Å². The van der Waals surface area contributed by atoms with Gasteiger partial charge in [0.2, 0.25) is 5.91 Å². The maximum atomic E-state index is 12.1. The Labute approximate surface area is 115 Å².